The average Bonchev–Trinajstić information content (AvgIpc) is 3.45. The van der Waals surface area contributed by atoms with Crippen molar-refractivity contribution in [2.75, 3.05) is 31.2 Å². The Hall–Kier alpha value is -4.76. The Morgan fingerprint density at radius 2 is 1.74 bits per heavy atom. The molecule has 0 aliphatic carbocycles. The van der Waals surface area contributed by atoms with Gasteiger partial charge < -0.3 is 19.4 Å². The van der Waals surface area contributed by atoms with Crippen molar-refractivity contribution in [3.8, 4) is 11.3 Å². The maximum absolute atomic E-state index is 12.9. The molecule has 2 aromatic heterocycles. The summed E-state index contributed by atoms with van der Waals surface area (Å²) in [5, 5.41) is 9.30. The van der Waals surface area contributed by atoms with Gasteiger partial charge in [0.25, 0.3) is 0 Å². The number of rotatable bonds is 7. The number of fused-ring (bicyclic) bond motifs is 1. The van der Waals surface area contributed by atoms with E-state index in [9.17, 15) is 9.59 Å². The lowest BCUT2D eigenvalue weighted by Gasteiger charge is -2.28. The van der Waals surface area contributed by atoms with Crippen molar-refractivity contribution in [2.45, 2.75) is 13.2 Å². The second-order valence-electron chi connectivity index (χ2n) is 9.41. The average molecular weight is 522 g/mol. The lowest BCUT2D eigenvalue weighted by Crippen LogP contribution is -2.37. The standard InChI is InChI=1S/C30H27N5O4/c36-27-17-28(34-12-14-38-15-13-34)31-29-24(10-5-11-25(27)29)26-19-35(33-32-26)18-22-8-4-9-23(16-22)30(37)39-20-21-6-2-1-3-7-21/h1-11,16-17,19H,12-15,18,20H2,(H,31,36). The zero-order chi connectivity index (χ0) is 26.6. The van der Waals surface area contributed by atoms with Crippen molar-refractivity contribution in [3.63, 3.8) is 0 Å². The van der Waals surface area contributed by atoms with Crippen molar-refractivity contribution in [1.29, 1.82) is 0 Å². The normalized spacial score (nSPS) is 13.5. The number of aromatic amines is 1. The van der Waals surface area contributed by atoms with E-state index in [2.05, 4.69) is 20.2 Å². The van der Waals surface area contributed by atoms with Gasteiger partial charge in [0.2, 0.25) is 0 Å². The Morgan fingerprint density at radius 1 is 0.949 bits per heavy atom. The number of morpholine rings is 1. The number of H-pyrrole nitrogens is 1. The summed E-state index contributed by atoms with van der Waals surface area (Å²) in [5.41, 5.74) is 4.42. The minimum absolute atomic E-state index is 0.0459. The SMILES string of the molecule is O=C(OCc1ccccc1)c1cccc(Cn2cc(-c3cccc4c(=O)cc(N5CCOCC5)[nH]c34)nn2)c1. The van der Waals surface area contributed by atoms with E-state index in [-0.39, 0.29) is 18.0 Å². The molecule has 3 heterocycles. The maximum Gasteiger partial charge on any atom is 0.338 e. The molecular formula is C30H27N5O4. The van der Waals surface area contributed by atoms with E-state index in [1.807, 2.05) is 66.9 Å². The van der Waals surface area contributed by atoms with Crippen LogP contribution in [0.25, 0.3) is 22.2 Å². The third kappa shape index (κ3) is 5.44. The molecule has 9 heteroatoms. The number of anilines is 1. The van der Waals surface area contributed by atoms with Gasteiger partial charge in [0.1, 0.15) is 18.1 Å². The first-order chi connectivity index (χ1) is 19.1. The Labute approximate surface area is 224 Å². The van der Waals surface area contributed by atoms with Crippen molar-refractivity contribution < 1.29 is 14.3 Å². The Bertz CT molecular complexity index is 1670. The van der Waals surface area contributed by atoms with Crippen LogP contribution in [0.15, 0.2) is 89.9 Å². The molecule has 0 amide bonds. The summed E-state index contributed by atoms with van der Waals surface area (Å²) >= 11 is 0. The molecule has 0 unspecified atom stereocenters. The number of para-hydroxylation sites is 1. The highest BCUT2D eigenvalue weighted by molar-refractivity contribution is 5.93. The Kier molecular flexibility index (Phi) is 6.88. The molecule has 0 bridgehead atoms. The largest absolute Gasteiger partial charge is 0.457 e. The molecular weight excluding hydrogens is 494 g/mol. The van der Waals surface area contributed by atoms with Crippen LogP contribution in [0.1, 0.15) is 21.5 Å². The van der Waals surface area contributed by atoms with Gasteiger partial charge >= 0.3 is 5.97 Å². The van der Waals surface area contributed by atoms with Crippen LogP contribution in [0.2, 0.25) is 0 Å². The molecule has 196 valence electrons. The van der Waals surface area contributed by atoms with Crippen LogP contribution in [-0.4, -0.2) is 52.3 Å². The van der Waals surface area contributed by atoms with E-state index in [0.717, 1.165) is 41.1 Å². The molecule has 1 saturated heterocycles. The highest BCUT2D eigenvalue weighted by atomic mass is 16.5. The molecule has 39 heavy (non-hydrogen) atoms. The van der Waals surface area contributed by atoms with E-state index >= 15 is 0 Å². The molecule has 1 aliphatic rings. The molecule has 0 saturated carbocycles. The maximum atomic E-state index is 12.9. The van der Waals surface area contributed by atoms with Gasteiger partial charge in [-0.3, -0.25) is 4.79 Å². The van der Waals surface area contributed by atoms with E-state index < -0.39 is 0 Å². The lowest BCUT2D eigenvalue weighted by atomic mass is 10.1. The molecule has 9 nitrogen and oxygen atoms in total. The zero-order valence-corrected chi connectivity index (χ0v) is 21.2. The fraction of sp³-hybridized carbons (Fsp3) is 0.200. The number of hydrogen-bond donors (Lipinski definition) is 1. The number of nitrogens with one attached hydrogen (secondary N) is 1. The molecule has 5 aromatic rings. The summed E-state index contributed by atoms with van der Waals surface area (Å²) in [6, 6.07) is 24.1. The smallest absolute Gasteiger partial charge is 0.338 e. The first-order valence-electron chi connectivity index (χ1n) is 12.8. The number of hydrogen-bond acceptors (Lipinski definition) is 7. The van der Waals surface area contributed by atoms with Crippen LogP contribution in [0, 0.1) is 0 Å². The minimum atomic E-state index is -0.379. The number of carbonyl (C=O) groups excluding carboxylic acids is 1. The van der Waals surface area contributed by atoms with Crippen LogP contribution >= 0.6 is 0 Å². The number of esters is 1. The van der Waals surface area contributed by atoms with Crippen LogP contribution in [0.5, 0.6) is 0 Å². The molecule has 3 aromatic carbocycles. The van der Waals surface area contributed by atoms with Gasteiger partial charge in [0, 0.05) is 30.1 Å². The number of nitrogens with zero attached hydrogens (tertiary/aromatic N) is 4. The molecule has 0 atom stereocenters. The van der Waals surface area contributed by atoms with Gasteiger partial charge in [-0.25, -0.2) is 9.48 Å². The molecule has 0 radical (unpaired) electrons. The topological polar surface area (TPSA) is 102 Å². The van der Waals surface area contributed by atoms with Crippen LogP contribution in [-0.2, 0) is 22.6 Å². The molecule has 1 N–H and O–H groups in total. The van der Waals surface area contributed by atoms with Crippen molar-refractivity contribution in [2.24, 2.45) is 0 Å². The number of benzene rings is 3. The van der Waals surface area contributed by atoms with Gasteiger partial charge in [-0.1, -0.05) is 59.8 Å². The van der Waals surface area contributed by atoms with Crippen molar-refractivity contribution >= 4 is 22.7 Å². The second-order valence-corrected chi connectivity index (χ2v) is 9.41. The van der Waals surface area contributed by atoms with Crippen LogP contribution < -0.4 is 10.3 Å². The Balaban J connectivity index is 1.22. The monoisotopic (exact) mass is 521 g/mol. The highest BCUT2D eigenvalue weighted by Gasteiger charge is 2.16. The molecule has 1 fully saturated rings. The van der Waals surface area contributed by atoms with Gasteiger partial charge in [0.05, 0.1) is 37.0 Å². The minimum Gasteiger partial charge on any atom is -0.457 e. The van der Waals surface area contributed by atoms with E-state index in [0.29, 0.717) is 36.4 Å². The summed E-state index contributed by atoms with van der Waals surface area (Å²) in [4.78, 5) is 31.1. The number of carbonyl (C=O) groups is 1. The summed E-state index contributed by atoms with van der Waals surface area (Å²) in [7, 11) is 0. The molecule has 1 aliphatic heterocycles. The predicted octanol–water partition coefficient (Wildman–Crippen LogP) is 4.03. The predicted molar refractivity (Wildman–Crippen MR) is 148 cm³/mol. The zero-order valence-electron chi connectivity index (χ0n) is 21.2. The fourth-order valence-electron chi connectivity index (χ4n) is 4.74. The molecule has 0 spiro atoms. The van der Waals surface area contributed by atoms with E-state index in [4.69, 9.17) is 9.47 Å². The third-order valence-corrected chi connectivity index (χ3v) is 6.74. The summed E-state index contributed by atoms with van der Waals surface area (Å²) in [5.74, 6) is 0.391. The van der Waals surface area contributed by atoms with E-state index in [1.54, 1.807) is 22.9 Å². The van der Waals surface area contributed by atoms with Crippen molar-refractivity contribution in [1.82, 2.24) is 20.0 Å². The first-order valence-corrected chi connectivity index (χ1v) is 12.8. The third-order valence-electron chi connectivity index (χ3n) is 6.74. The summed E-state index contributed by atoms with van der Waals surface area (Å²) < 4.78 is 12.6. The van der Waals surface area contributed by atoms with Crippen molar-refractivity contribution in [3.05, 3.63) is 112 Å². The van der Waals surface area contributed by atoms with Crippen LogP contribution in [0.3, 0.4) is 0 Å². The highest BCUT2D eigenvalue weighted by Crippen LogP contribution is 2.26. The van der Waals surface area contributed by atoms with E-state index in [1.165, 1.54) is 0 Å². The van der Waals surface area contributed by atoms with Gasteiger partial charge in [-0.15, -0.1) is 5.10 Å². The Morgan fingerprint density at radius 3 is 2.59 bits per heavy atom. The number of ether oxygens (including phenoxy) is 2. The van der Waals surface area contributed by atoms with Crippen LogP contribution in [0.4, 0.5) is 5.82 Å². The molecule has 6 rings (SSSR count). The summed E-state index contributed by atoms with van der Waals surface area (Å²) in [6.07, 6.45) is 1.84. The van der Waals surface area contributed by atoms with Gasteiger partial charge in [-0.2, -0.15) is 0 Å². The second kappa shape index (κ2) is 10.9. The number of aromatic nitrogens is 4. The lowest BCUT2D eigenvalue weighted by molar-refractivity contribution is 0.0472. The van der Waals surface area contributed by atoms with Gasteiger partial charge in [-0.05, 0) is 29.3 Å². The summed E-state index contributed by atoms with van der Waals surface area (Å²) in [6.45, 7) is 3.34. The first kappa shape index (κ1) is 24.6. The fourth-order valence-corrected chi connectivity index (χ4v) is 4.74. The quantitative estimate of drug-likeness (QED) is 0.323. The van der Waals surface area contributed by atoms with Gasteiger partial charge in [0.15, 0.2) is 5.43 Å². The number of pyridine rings is 1.